The summed E-state index contributed by atoms with van der Waals surface area (Å²) >= 11 is 0.229. The third kappa shape index (κ3) is 3.47. The molecule has 0 aromatic rings. The van der Waals surface area contributed by atoms with Crippen LogP contribution < -0.4 is 0 Å². The molecule has 0 saturated carbocycles. The van der Waals surface area contributed by atoms with Gasteiger partial charge in [0.25, 0.3) is 0 Å². The van der Waals surface area contributed by atoms with Crippen molar-refractivity contribution in [3.05, 3.63) is 11.8 Å². The molecule has 0 amide bonds. The van der Waals surface area contributed by atoms with Crippen LogP contribution in [0.25, 0.3) is 0 Å². The summed E-state index contributed by atoms with van der Waals surface area (Å²) in [5, 5.41) is 0.516. The Morgan fingerprint density at radius 3 is 2.88 bits per heavy atom. The number of methoxy groups -OCH3 is 1. The van der Waals surface area contributed by atoms with Gasteiger partial charge in [-0.2, -0.15) is 0 Å². The first kappa shape index (κ1) is 12.9. The van der Waals surface area contributed by atoms with Crippen LogP contribution in [0.2, 0.25) is 11.1 Å². The zero-order valence-corrected chi connectivity index (χ0v) is 10.8. The molecule has 1 aliphatic rings. The Morgan fingerprint density at radius 2 is 2.38 bits per heavy atom. The molecule has 0 aliphatic carbocycles. The van der Waals surface area contributed by atoms with Gasteiger partial charge in [-0.3, -0.25) is 0 Å². The number of ether oxygens (including phenoxy) is 2. The first-order valence-corrected chi connectivity index (χ1v) is 7.62. The van der Waals surface area contributed by atoms with Gasteiger partial charge < -0.3 is 0 Å². The fourth-order valence-corrected chi connectivity index (χ4v) is 2.19. The molecule has 1 rings (SSSR count). The topological polar surface area (TPSA) is 65.0 Å². The molecule has 5 nitrogen and oxygen atoms in total. The molecule has 1 atom stereocenters. The predicted molar refractivity (Wildman–Crippen MR) is 59.5 cm³/mol. The zero-order chi connectivity index (χ0) is 12.0. The molecule has 0 spiro atoms. The van der Waals surface area contributed by atoms with Gasteiger partial charge >= 0.3 is 99.7 Å². The summed E-state index contributed by atoms with van der Waals surface area (Å²) in [6.45, 7) is 0. The number of rotatable bonds is 5. The molecular formula is C10H13NO4Se. The number of hydrogen-bond donors (Lipinski definition) is 0. The van der Waals surface area contributed by atoms with Crippen LogP contribution in [0.4, 0.5) is 0 Å². The summed E-state index contributed by atoms with van der Waals surface area (Å²) in [4.78, 5) is 26.7. The molecule has 6 heteroatoms. The quantitative estimate of drug-likeness (QED) is 0.549. The van der Waals surface area contributed by atoms with Crippen LogP contribution in [0.1, 0.15) is 6.42 Å². The Kier molecular flexibility index (Phi) is 5.22. The summed E-state index contributed by atoms with van der Waals surface area (Å²) in [6, 6.07) is 0. The zero-order valence-electron chi connectivity index (χ0n) is 9.13. The van der Waals surface area contributed by atoms with Crippen molar-refractivity contribution in [2.75, 3.05) is 7.11 Å². The van der Waals surface area contributed by atoms with E-state index in [2.05, 4.69) is 9.73 Å². The normalized spacial score (nSPS) is 15.5. The van der Waals surface area contributed by atoms with Gasteiger partial charge in [0.2, 0.25) is 0 Å². The van der Waals surface area contributed by atoms with E-state index in [4.69, 9.17) is 4.74 Å². The maximum atomic E-state index is 11.5. The summed E-state index contributed by atoms with van der Waals surface area (Å²) in [5.41, 5.74) is 0.262. The van der Waals surface area contributed by atoms with Gasteiger partial charge in [0.1, 0.15) is 0 Å². The summed E-state index contributed by atoms with van der Waals surface area (Å²) in [5.74, 6) is 0.886. The van der Waals surface area contributed by atoms with Crippen molar-refractivity contribution in [1.82, 2.24) is 0 Å². The number of aliphatic imine (C=N–C) groups is 1. The first-order valence-electron chi connectivity index (χ1n) is 4.69. The number of carbonyl (C=O) groups is 2. The van der Waals surface area contributed by atoms with Gasteiger partial charge in [0.05, 0.1) is 0 Å². The number of carbonyl (C=O) groups excluding carboxylic acids is 2. The molecule has 0 saturated heterocycles. The SMILES string of the molecule is COC(=O)C(C[Se]C)OC(=O)C1=CCC=N1. The minimum absolute atomic E-state index is 0.229. The summed E-state index contributed by atoms with van der Waals surface area (Å²) in [7, 11) is 1.28. The fourth-order valence-electron chi connectivity index (χ4n) is 1.13. The van der Waals surface area contributed by atoms with E-state index in [0.717, 1.165) is 0 Å². The molecule has 0 N–H and O–H groups in total. The molecule has 88 valence electrons. The summed E-state index contributed by atoms with van der Waals surface area (Å²) < 4.78 is 9.61. The van der Waals surface area contributed by atoms with E-state index in [0.29, 0.717) is 11.7 Å². The Hall–Kier alpha value is -1.13. The predicted octanol–water partition coefficient (Wildman–Crippen LogP) is 0.600. The average Bonchev–Trinajstić information content (AvgIpc) is 2.80. The van der Waals surface area contributed by atoms with Crippen LogP contribution in [0, 0.1) is 0 Å². The van der Waals surface area contributed by atoms with E-state index in [1.807, 2.05) is 5.82 Å². The van der Waals surface area contributed by atoms with Gasteiger partial charge in [-0.15, -0.1) is 0 Å². The molecular weight excluding hydrogens is 277 g/mol. The van der Waals surface area contributed by atoms with Gasteiger partial charge in [-0.05, 0) is 0 Å². The Balaban J connectivity index is 2.57. The molecule has 0 bridgehead atoms. The fraction of sp³-hybridized carbons (Fsp3) is 0.500. The van der Waals surface area contributed by atoms with Crippen molar-refractivity contribution < 1.29 is 19.1 Å². The van der Waals surface area contributed by atoms with Gasteiger partial charge in [0, 0.05) is 0 Å². The second kappa shape index (κ2) is 6.45. The Labute approximate surface area is 100 Å². The third-order valence-corrected chi connectivity index (χ3v) is 3.22. The second-order valence-corrected chi connectivity index (χ2v) is 4.92. The first-order chi connectivity index (χ1) is 7.69. The molecule has 0 radical (unpaired) electrons. The molecule has 1 aliphatic heterocycles. The molecule has 0 aromatic carbocycles. The van der Waals surface area contributed by atoms with Crippen LogP contribution in [0.3, 0.4) is 0 Å². The average molecular weight is 290 g/mol. The van der Waals surface area contributed by atoms with Crippen LogP contribution >= 0.6 is 0 Å². The second-order valence-electron chi connectivity index (χ2n) is 3.01. The molecule has 16 heavy (non-hydrogen) atoms. The molecule has 1 unspecified atom stereocenters. The van der Waals surface area contributed by atoms with Gasteiger partial charge in [-0.1, -0.05) is 0 Å². The van der Waals surface area contributed by atoms with E-state index in [1.54, 1.807) is 12.3 Å². The van der Waals surface area contributed by atoms with Crippen molar-refractivity contribution in [3.63, 3.8) is 0 Å². The molecule has 1 heterocycles. The molecule has 0 aromatic heterocycles. The van der Waals surface area contributed by atoms with Crippen LogP contribution in [0.15, 0.2) is 16.8 Å². The molecule has 0 fully saturated rings. The maximum absolute atomic E-state index is 11.5. The number of esters is 2. The van der Waals surface area contributed by atoms with Crippen molar-refractivity contribution in [3.8, 4) is 0 Å². The number of hydrogen-bond acceptors (Lipinski definition) is 5. The van der Waals surface area contributed by atoms with Crippen molar-refractivity contribution in [2.24, 2.45) is 4.99 Å². The number of nitrogens with zero attached hydrogens (tertiary/aromatic N) is 1. The van der Waals surface area contributed by atoms with E-state index < -0.39 is 18.0 Å². The Morgan fingerprint density at radius 1 is 1.62 bits per heavy atom. The monoisotopic (exact) mass is 291 g/mol. The standard InChI is InChI=1S/C10H13NO4Se/c1-14-10(13)8(6-16-2)15-9(12)7-4-3-5-11-7/h4-5,8H,3,6H2,1-2H3. The van der Waals surface area contributed by atoms with E-state index in [1.165, 1.54) is 7.11 Å². The van der Waals surface area contributed by atoms with Crippen LogP contribution in [0.5, 0.6) is 0 Å². The van der Waals surface area contributed by atoms with E-state index in [9.17, 15) is 9.59 Å². The van der Waals surface area contributed by atoms with Gasteiger partial charge in [0.15, 0.2) is 0 Å². The van der Waals surface area contributed by atoms with Crippen LogP contribution in [-0.4, -0.2) is 46.3 Å². The van der Waals surface area contributed by atoms with Crippen molar-refractivity contribution in [2.45, 2.75) is 23.7 Å². The number of allylic oxidation sites excluding steroid dienone is 1. The minimum atomic E-state index is -0.806. The Bertz CT molecular complexity index is 338. The van der Waals surface area contributed by atoms with E-state index >= 15 is 0 Å². The van der Waals surface area contributed by atoms with Crippen LogP contribution in [-0.2, 0) is 19.1 Å². The van der Waals surface area contributed by atoms with Crippen molar-refractivity contribution >= 4 is 33.1 Å². The van der Waals surface area contributed by atoms with E-state index in [-0.39, 0.29) is 20.7 Å². The summed E-state index contributed by atoms with van der Waals surface area (Å²) in [6.07, 6.45) is 3.10. The van der Waals surface area contributed by atoms with Gasteiger partial charge in [-0.25, -0.2) is 0 Å². The third-order valence-electron chi connectivity index (χ3n) is 1.89. The van der Waals surface area contributed by atoms with Crippen molar-refractivity contribution in [1.29, 1.82) is 0 Å².